The zero-order valence-electron chi connectivity index (χ0n) is 8.73. The average molecular weight is 261 g/mol. The molecular formula is C10H13ClN2O2S. The lowest BCUT2D eigenvalue weighted by atomic mass is 10.3. The van der Waals surface area contributed by atoms with E-state index >= 15 is 0 Å². The quantitative estimate of drug-likeness (QED) is 0.887. The maximum absolute atomic E-state index is 10.7. The molecule has 0 spiro atoms. The maximum atomic E-state index is 10.7. The van der Waals surface area contributed by atoms with E-state index in [-0.39, 0.29) is 0 Å². The van der Waals surface area contributed by atoms with Crippen molar-refractivity contribution in [2.45, 2.75) is 6.54 Å². The summed E-state index contributed by atoms with van der Waals surface area (Å²) in [5, 5.41) is 8.81. The van der Waals surface area contributed by atoms with Gasteiger partial charge < -0.3 is 10.0 Å². The van der Waals surface area contributed by atoms with E-state index in [1.807, 2.05) is 12.1 Å². The third-order valence-corrected chi connectivity index (χ3v) is 3.87. The van der Waals surface area contributed by atoms with Crippen molar-refractivity contribution in [1.82, 2.24) is 9.80 Å². The smallest absolute Gasteiger partial charge is 0.407 e. The summed E-state index contributed by atoms with van der Waals surface area (Å²) in [6, 6.07) is 3.92. The Balaban J connectivity index is 1.83. The number of hydrogen-bond donors (Lipinski definition) is 1. The van der Waals surface area contributed by atoms with Crippen LogP contribution in [0, 0.1) is 0 Å². The summed E-state index contributed by atoms with van der Waals surface area (Å²) in [5.41, 5.74) is 0. The number of amides is 1. The number of rotatable bonds is 2. The molecule has 0 saturated carbocycles. The SMILES string of the molecule is O=C(O)N1CCN(Cc2ccc(Cl)s2)CC1. The molecule has 0 unspecified atom stereocenters. The van der Waals surface area contributed by atoms with E-state index < -0.39 is 6.09 Å². The predicted octanol–water partition coefficient (Wildman–Crippen LogP) is 2.20. The molecule has 1 aliphatic heterocycles. The van der Waals surface area contributed by atoms with Gasteiger partial charge in [0.2, 0.25) is 0 Å². The Morgan fingerprint density at radius 1 is 1.38 bits per heavy atom. The van der Waals surface area contributed by atoms with Crippen molar-refractivity contribution in [3.05, 3.63) is 21.3 Å². The molecule has 1 fully saturated rings. The normalized spacial score (nSPS) is 17.7. The van der Waals surface area contributed by atoms with Crippen LogP contribution < -0.4 is 0 Å². The van der Waals surface area contributed by atoms with Crippen LogP contribution in [0.1, 0.15) is 4.88 Å². The van der Waals surface area contributed by atoms with Crippen LogP contribution in [0.5, 0.6) is 0 Å². The van der Waals surface area contributed by atoms with E-state index in [1.165, 1.54) is 9.78 Å². The van der Waals surface area contributed by atoms with E-state index in [0.29, 0.717) is 13.1 Å². The third kappa shape index (κ3) is 2.87. The van der Waals surface area contributed by atoms with Crippen molar-refractivity contribution in [3.63, 3.8) is 0 Å². The zero-order chi connectivity index (χ0) is 11.5. The van der Waals surface area contributed by atoms with Crippen LogP contribution in [-0.2, 0) is 6.54 Å². The molecule has 2 heterocycles. The van der Waals surface area contributed by atoms with Crippen molar-refractivity contribution in [3.8, 4) is 0 Å². The fraction of sp³-hybridized carbons (Fsp3) is 0.500. The molecule has 0 aliphatic carbocycles. The molecule has 6 heteroatoms. The third-order valence-electron chi connectivity index (χ3n) is 2.65. The molecule has 1 amide bonds. The van der Waals surface area contributed by atoms with Crippen LogP contribution in [0.4, 0.5) is 4.79 Å². The van der Waals surface area contributed by atoms with Gasteiger partial charge in [0.1, 0.15) is 0 Å². The van der Waals surface area contributed by atoms with E-state index in [1.54, 1.807) is 11.3 Å². The lowest BCUT2D eigenvalue weighted by Gasteiger charge is -2.32. The number of halogens is 1. The highest BCUT2D eigenvalue weighted by molar-refractivity contribution is 7.16. The minimum absolute atomic E-state index is 0.592. The van der Waals surface area contributed by atoms with Gasteiger partial charge in [-0.2, -0.15) is 0 Å². The largest absolute Gasteiger partial charge is 0.465 e. The Labute approximate surface area is 103 Å². The monoisotopic (exact) mass is 260 g/mol. The van der Waals surface area contributed by atoms with Crippen LogP contribution in [0.2, 0.25) is 4.34 Å². The van der Waals surface area contributed by atoms with Gasteiger partial charge in [-0.05, 0) is 12.1 Å². The second kappa shape index (κ2) is 5.03. The van der Waals surface area contributed by atoms with Crippen LogP contribution in [0.15, 0.2) is 12.1 Å². The molecule has 0 bridgehead atoms. The Morgan fingerprint density at radius 3 is 2.56 bits per heavy atom. The Morgan fingerprint density at radius 2 is 2.06 bits per heavy atom. The van der Waals surface area contributed by atoms with Crippen LogP contribution in [0.25, 0.3) is 0 Å². The minimum atomic E-state index is -0.821. The highest BCUT2D eigenvalue weighted by Crippen LogP contribution is 2.23. The Hall–Kier alpha value is -0.780. The van der Waals surface area contributed by atoms with E-state index in [2.05, 4.69) is 4.90 Å². The fourth-order valence-electron chi connectivity index (χ4n) is 1.75. The topological polar surface area (TPSA) is 43.8 Å². The van der Waals surface area contributed by atoms with E-state index in [0.717, 1.165) is 24.0 Å². The number of carbonyl (C=O) groups is 1. The first-order valence-corrected chi connectivity index (χ1v) is 6.29. The lowest BCUT2D eigenvalue weighted by molar-refractivity contribution is 0.103. The van der Waals surface area contributed by atoms with Crippen molar-refractivity contribution in [2.75, 3.05) is 26.2 Å². The van der Waals surface area contributed by atoms with Gasteiger partial charge in [0.25, 0.3) is 0 Å². The molecule has 1 N–H and O–H groups in total. The lowest BCUT2D eigenvalue weighted by Crippen LogP contribution is -2.47. The summed E-state index contributed by atoms with van der Waals surface area (Å²) < 4.78 is 0.805. The van der Waals surface area contributed by atoms with E-state index in [9.17, 15) is 4.79 Å². The van der Waals surface area contributed by atoms with Gasteiger partial charge in [-0.3, -0.25) is 4.90 Å². The molecule has 2 rings (SSSR count). The summed E-state index contributed by atoms with van der Waals surface area (Å²) >= 11 is 7.44. The molecule has 4 nitrogen and oxygen atoms in total. The summed E-state index contributed by atoms with van der Waals surface area (Å²) in [6.45, 7) is 3.64. The van der Waals surface area contributed by atoms with Gasteiger partial charge in [0.05, 0.1) is 4.34 Å². The molecule has 88 valence electrons. The molecular weight excluding hydrogens is 248 g/mol. The van der Waals surface area contributed by atoms with Crippen molar-refractivity contribution in [2.24, 2.45) is 0 Å². The molecule has 1 aliphatic rings. The number of hydrogen-bond acceptors (Lipinski definition) is 3. The molecule has 1 aromatic heterocycles. The van der Waals surface area contributed by atoms with Gasteiger partial charge >= 0.3 is 6.09 Å². The molecule has 0 atom stereocenters. The van der Waals surface area contributed by atoms with Crippen LogP contribution in [0.3, 0.4) is 0 Å². The fourth-order valence-corrected chi connectivity index (χ4v) is 2.88. The van der Waals surface area contributed by atoms with Crippen LogP contribution in [-0.4, -0.2) is 47.2 Å². The predicted molar refractivity (Wildman–Crippen MR) is 64.2 cm³/mol. The first-order chi connectivity index (χ1) is 7.65. The highest BCUT2D eigenvalue weighted by atomic mass is 35.5. The average Bonchev–Trinajstić information content (AvgIpc) is 2.65. The van der Waals surface area contributed by atoms with Crippen LogP contribution >= 0.6 is 22.9 Å². The van der Waals surface area contributed by atoms with E-state index in [4.69, 9.17) is 16.7 Å². The molecule has 1 saturated heterocycles. The molecule has 0 aromatic carbocycles. The second-order valence-electron chi connectivity index (χ2n) is 3.75. The number of thiophene rings is 1. The number of carboxylic acid groups (broad SMARTS) is 1. The first-order valence-electron chi connectivity index (χ1n) is 5.09. The molecule has 1 aromatic rings. The summed E-state index contributed by atoms with van der Waals surface area (Å²) in [6.07, 6.45) is -0.821. The molecule has 0 radical (unpaired) electrons. The van der Waals surface area contributed by atoms with Crippen molar-refractivity contribution < 1.29 is 9.90 Å². The maximum Gasteiger partial charge on any atom is 0.407 e. The van der Waals surface area contributed by atoms with Gasteiger partial charge in [0, 0.05) is 37.6 Å². The summed E-state index contributed by atoms with van der Waals surface area (Å²) in [5.74, 6) is 0. The minimum Gasteiger partial charge on any atom is -0.465 e. The van der Waals surface area contributed by atoms with Gasteiger partial charge in [-0.1, -0.05) is 11.6 Å². The summed E-state index contributed by atoms with van der Waals surface area (Å²) in [4.78, 5) is 15.7. The Bertz CT molecular complexity index is 375. The zero-order valence-corrected chi connectivity index (χ0v) is 10.3. The standard InChI is InChI=1S/C10H13ClN2O2S/c11-9-2-1-8(16-9)7-12-3-5-13(6-4-12)10(14)15/h1-2H,3-7H2,(H,14,15). The summed E-state index contributed by atoms with van der Waals surface area (Å²) in [7, 11) is 0. The Kier molecular flexibility index (Phi) is 3.68. The van der Waals surface area contributed by atoms with Crippen molar-refractivity contribution >= 4 is 29.0 Å². The molecule has 16 heavy (non-hydrogen) atoms. The number of piperazine rings is 1. The van der Waals surface area contributed by atoms with Gasteiger partial charge in [0.15, 0.2) is 0 Å². The van der Waals surface area contributed by atoms with Gasteiger partial charge in [-0.25, -0.2) is 4.79 Å². The van der Waals surface area contributed by atoms with Crippen molar-refractivity contribution in [1.29, 1.82) is 0 Å². The second-order valence-corrected chi connectivity index (χ2v) is 5.55. The first kappa shape index (κ1) is 11.7. The highest BCUT2D eigenvalue weighted by Gasteiger charge is 2.20. The van der Waals surface area contributed by atoms with Gasteiger partial charge in [-0.15, -0.1) is 11.3 Å². The number of nitrogens with zero attached hydrogens (tertiary/aromatic N) is 2.